The standard InChI is InChI=1S/C14H21Cl2N/c1-14(2,3)8-7-10(17)9-11-12(15)5-4-6-13(11)16/h4-6,10H,7-9,17H2,1-3H3. The second-order valence-electron chi connectivity index (χ2n) is 5.76. The highest BCUT2D eigenvalue weighted by molar-refractivity contribution is 6.35. The molecule has 0 bridgehead atoms. The smallest absolute Gasteiger partial charge is 0.0453 e. The zero-order valence-electron chi connectivity index (χ0n) is 10.8. The van der Waals surface area contributed by atoms with Crippen LogP contribution in [0.15, 0.2) is 18.2 Å². The van der Waals surface area contributed by atoms with Crippen LogP contribution in [0.1, 0.15) is 39.2 Å². The topological polar surface area (TPSA) is 26.0 Å². The van der Waals surface area contributed by atoms with Crippen LogP contribution in [0.3, 0.4) is 0 Å². The lowest BCUT2D eigenvalue weighted by atomic mass is 9.87. The van der Waals surface area contributed by atoms with Crippen molar-refractivity contribution in [1.29, 1.82) is 0 Å². The maximum Gasteiger partial charge on any atom is 0.0453 e. The van der Waals surface area contributed by atoms with Gasteiger partial charge in [0.05, 0.1) is 0 Å². The molecular weight excluding hydrogens is 253 g/mol. The molecule has 0 fully saturated rings. The van der Waals surface area contributed by atoms with Crippen LogP contribution < -0.4 is 5.73 Å². The Morgan fingerprint density at radius 1 is 1.18 bits per heavy atom. The molecule has 1 aromatic carbocycles. The van der Waals surface area contributed by atoms with Gasteiger partial charge in [0, 0.05) is 16.1 Å². The van der Waals surface area contributed by atoms with Crippen molar-refractivity contribution in [3.05, 3.63) is 33.8 Å². The Balaban J connectivity index is 2.59. The van der Waals surface area contributed by atoms with Gasteiger partial charge in [-0.3, -0.25) is 0 Å². The SMILES string of the molecule is CC(C)(C)CCC(N)Cc1c(Cl)cccc1Cl. The molecule has 1 unspecified atom stereocenters. The van der Waals surface area contributed by atoms with Gasteiger partial charge in [0.25, 0.3) is 0 Å². The van der Waals surface area contributed by atoms with Crippen molar-refractivity contribution in [2.75, 3.05) is 0 Å². The monoisotopic (exact) mass is 273 g/mol. The van der Waals surface area contributed by atoms with Gasteiger partial charge in [-0.1, -0.05) is 50.0 Å². The predicted molar refractivity (Wildman–Crippen MR) is 76.8 cm³/mol. The zero-order valence-corrected chi connectivity index (χ0v) is 12.3. The Kier molecular flexibility index (Phi) is 5.30. The largest absolute Gasteiger partial charge is 0.327 e. The van der Waals surface area contributed by atoms with E-state index in [1.165, 1.54) is 0 Å². The molecule has 1 atom stereocenters. The fraction of sp³-hybridized carbons (Fsp3) is 0.571. The van der Waals surface area contributed by atoms with Crippen LogP contribution in [0.2, 0.25) is 10.0 Å². The molecule has 1 rings (SSSR count). The molecule has 0 heterocycles. The van der Waals surface area contributed by atoms with Gasteiger partial charge in [0.1, 0.15) is 0 Å². The van der Waals surface area contributed by atoms with Gasteiger partial charge >= 0.3 is 0 Å². The summed E-state index contributed by atoms with van der Waals surface area (Å²) in [6, 6.07) is 5.69. The number of hydrogen-bond acceptors (Lipinski definition) is 1. The maximum absolute atomic E-state index is 6.13. The maximum atomic E-state index is 6.13. The van der Waals surface area contributed by atoms with Crippen LogP contribution in [0.25, 0.3) is 0 Å². The van der Waals surface area contributed by atoms with E-state index in [1.807, 2.05) is 18.2 Å². The summed E-state index contributed by atoms with van der Waals surface area (Å²) in [6.07, 6.45) is 2.84. The predicted octanol–water partition coefficient (Wildman–Crippen LogP) is 4.69. The van der Waals surface area contributed by atoms with Gasteiger partial charge < -0.3 is 5.73 Å². The van der Waals surface area contributed by atoms with Crippen molar-refractivity contribution >= 4 is 23.2 Å². The van der Waals surface area contributed by atoms with Crippen LogP contribution in [0.4, 0.5) is 0 Å². The quantitative estimate of drug-likeness (QED) is 0.846. The molecule has 0 spiro atoms. The van der Waals surface area contributed by atoms with E-state index >= 15 is 0 Å². The van der Waals surface area contributed by atoms with Gasteiger partial charge in [-0.25, -0.2) is 0 Å². The highest BCUT2D eigenvalue weighted by Gasteiger charge is 2.15. The lowest BCUT2D eigenvalue weighted by molar-refractivity contribution is 0.347. The first-order chi connectivity index (χ1) is 7.79. The molecule has 2 N–H and O–H groups in total. The lowest BCUT2D eigenvalue weighted by Crippen LogP contribution is -2.25. The van der Waals surface area contributed by atoms with Crippen LogP contribution in [-0.2, 0) is 6.42 Å². The summed E-state index contributed by atoms with van der Waals surface area (Å²) >= 11 is 12.2. The van der Waals surface area contributed by atoms with Gasteiger partial charge in [-0.15, -0.1) is 0 Å². The molecule has 3 heteroatoms. The Bertz CT molecular complexity index is 349. The fourth-order valence-corrected chi connectivity index (χ4v) is 2.26. The summed E-state index contributed by atoms with van der Waals surface area (Å²) in [5, 5.41) is 1.42. The molecule has 0 aliphatic carbocycles. The molecule has 0 aliphatic heterocycles. The molecule has 0 aromatic heterocycles. The van der Waals surface area contributed by atoms with Gasteiger partial charge in [0.15, 0.2) is 0 Å². The van der Waals surface area contributed by atoms with E-state index < -0.39 is 0 Å². The Labute approximate surface area is 114 Å². The van der Waals surface area contributed by atoms with Gasteiger partial charge in [0.2, 0.25) is 0 Å². The van der Waals surface area contributed by atoms with Crippen molar-refractivity contribution < 1.29 is 0 Å². The minimum Gasteiger partial charge on any atom is -0.327 e. The van der Waals surface area contributed by atoms with E-state index in [4.69, 9.17) is 28.9 Å². The molecule has 0 radical (unpaired) electrons. The molecule has 0 aliphatic rings. The Hall–Kier alpha value is -0.240. The number of benzene rings is 1. The fourth-order valence-electron chi connectivity index (χ4n) is 1.71. The molecule has 0 saturated carbocycles. The zero-order chi connectivity index (χ0) is 13.1. The van der Waals surface area contributed by atoms with Crippen LogP contribution in [0, 0.1) is 5.41 Å². The van der Waals surface area contributed by atoms with Crippen molar-refractivity contribution in [2.45, 2.75) is 46.1 Å². The summed E-state index contributed by atoms with van der Waals surface area (Å²) in [7, 11) is 0. The highest BCUT2D eigenvalue weighted by Crippen LogP contribution is 2.27. The Morgan fingerprint density at radius 3 is 2.18 bits per heavy atom. The summed E-state index contributed by atoms with van der Waals surface area (Å²) in [6.45, 7) is 6.67. The minimum absolute atomic E-state index is 0.117. The molecule has 96 valence electrons. The lowest BCUT2D eigenvalue weighted by Gasteiger charge is -2.21. The van der Waals surface area contributed by atoms with Crippen LogP contribution >= 0.6 is 23.2 Å². The second kappa shape index (κ2) is 6.08. The Morgan fingerprint density at radius 2 is 1.71 bits per heavy atom. The molecule has 0 saturated heterocycles. The van der Waals surface area contributed by atoms with E-state index in [9.17, 15) is 0 Å². The van der Waals surface area contributed by atoms with E-state index in [2.05, 4.69) is 20.8 Å². The summed E-state index contributed by atoms with van der Waals surface area (Å²) < 4.78 is 0. The second-order valence-corrected chi connectivity index (χ2v) is 6.58. The van der Waals surface area contributed by atoms with E-state index in [0.717, 1.165) is 24.8 Å². The molecule has 17 heavy (non-hydrogen) atoms. The van der Waals surface area contributed by atoms with Gasteiger partial charge in [-0.05, 0) is 42.4 Å². The average molecular weight is 274 g/mol. The summed E-state index contributed by atoms with van der Waals surface area (Å²) in [4.78, 5) is 0. The normalized spacial score (nSPS) is 13.8. The highest BCUT2D eigenvalue weighted by atomic mass is 35.5. The first kappa shape index (κ1) is 14.8. The summed E-state index contributed by atoms with van der Waals surface area (Å²) in [5.74, 6) is 0. The number of halogens is 2. The van der Waals surface area contributed by atoms with Crippen LogP contribution in [-0.4, -0.2) is 6.04 Å². The first-order valence-electron chi connectivity index (χ1n) is 5.98. The number of hydrogen-bond donors (Lipinski definition) is 1. The van der Waals surface area contributed by atoms with E-state index in [1.54, 1.807) is 0 Å². The molecule has 1 nitrogen and oxygen atoms in total. The third-order valence-electron chi connectivity index (χ3n) is 2.79. The molecule has 0 amide bonds. The van der Waals surface area contributed by atoms with Crippen molar-refractivity contribution in [3.63, 3.8) is 0 Å². The van der Waals surface area contributed by atoms with E-state index in [0.29, 0.717) is 15.5 Å². The summed E-state index contributed by atoms with van der Waals surface area (Å²) in [5.41, 5.74) is 7.42. The van der Waals surface area contributed by atoms with Crippen molar-refractivity contribution in [2.24, 2.45) is 11.1 Å². The molecular formula is C14H21Cl2N. The number of nitrogens with two attached hydrogens (primary N) is 1. The van der Waals surface area contributed by atoms with Crippen molar-refractivity contribution in [1.82, 2.24) is 0 Å². The van der Waals surface area contributed by atoms with Gasteiger partial charge in [-0.2, -0.15) is 0 Å². The third kappa shape index (κ3) is 5.29. The third-order valence-corrected chi connectivity index (χ3v) is 3.50. The van der Waals surface area contributed by atoms with Crippen molar-refractivity contribution in [3.8, 4) is 0 Å². The first-order valence-corrected chi connectivity index (χ1v) is 6.73. The minimum atomic E-state index is 0.117. The number of rotatable bonds is 4. The van der Waals surface area contributed by atoms with E-state index in [-0.39, 0.29) is 6.04 Å². The molecule has 1 aromatic rings. The average Bonchev–Trinajstić information content (AvgIpc) is 2.20. The van der Waals surface area contributed by atoms with Crippen LogP contribution in [0.5, 0.6) is 0 Å².